The first-order chi connectivity index (χ1) is 20.0. The fourth-order valence-corrected chi connectivity index (χ4v) is 5.28. The molecule has 42 heavy (non-hydrogen) atoms. The van der Waals surface area contributed by atoms with Gasteiger partial charge in [-0.3, -0.25) is 19.9 Å². The summed E-state index contributed by atoms with van der Waals surface area (Å²) >= 11 is 0. The number of hydrogen-bond acceptors (Lipinski definition) is 12. The number of aliphatic hydroxyl groups excluding tert-OH is 2. The summed E-state index contributed by atoms with van der Waals surface area (Å²) in [4.78, 5) is 32.9. The number of nitrogens with one attached hydrogen (secondary N) is 4. The van der Waals surface area contributed by atoms with Gasteiger partial charge in [0, 0.05) is 42.9 Å². The number of guanidine groups is 1. The molecule has 2 aliphatic rings. The number of carbonyl (C=O) groups excluding carboxylic acids is 1. The van der Waals surface area contributed by atoms with E-state index in [2.05, 4.69) is 31.3 Å². The molecular formula is C27H32N6O8S. The van der Waals surface area contributed by atoms with Crippen LogP contribution in [0.3, 0.4) is 0 Å². The highest BCUT2D eigenvalue weighted by molar-refractivity contribution is 7.75. The maximum Gasteiger partial charge on any atom is 0.322 e. The third-order valence-electron chi connectivity index (χ3n) is 6.65. The highest BCUT2D eigenvalue weighted by Gasteiger charge is 2.30. The first-order valence-corrected chi connectivity index (χ1v) is 14.2. The number of fused-ring (bicyclic) bond motifs is 1. The Labute approximate surface area is 242 Å². The summed E-state index contributed by atoms with van der Waals surface area (Å²) in [6.07, 6.45) is -1.84. The van der Waals surface area contributed by atoms with Gasteiger partial charge in [-0.15, -0.1) is 0 Å². The van der Waals surface area contributed by atoms with Crippen LogP contribution in [0.4, 0.5) is 11.4 Å². The third kappa shape index (κ3) is 7.70. The van der Waals surface area contributed by atoms with Gasteiger partial charge in [0.1, 0.15) is 16.7 Å². The van der Waals surface area contributed by atoms with Crippen molar-refractivity contribution >= 4 is 50.1 Å². The smallest absolute Gasteiger partial charge is 0.322 e. The van der Waals surface area contributed by atoms with E-state index >= 15 is 0 Å². The Morgan fingerprint density at radius 2 is 1.95 bits per heavy atom. The van der Waals surface area contributed by atoms with Gasteiger partial charge in [0.05, 0.1) is 30.2 Å². The quantitative estimate of drug-likeness (QED) is 0.156. The van der Waals surface area contributed by atoms with E-state index in [0.29, 0.717) is 35.0 Å². The molecule has 15 heteroatoms. The number of aromatic hydroxyl groups is 1. The average Bonchev–Trinajstić information content (AvgIpc) is 3.35. The number of carbonyl (C=O) groups is 2. The van der Waals surface area contributed by atoms with Crippen molar-refractivity contribution in [2.45, 2.75) is 44.1 Å². The molecule has 14 nitrogen and oxygen atoms in total. The van der Waals surface area contributed by atoms with Crippen molar-refractivity contribution < 1.29 is 38.4 Å². The summed E-state index contributed by atoms with van der Waals surface area (Å²) in [5, 5.41) is 51.2. The van der Waals surface area contributed by atoms with Gasteiger partial charge in [-0.25, -0.2) is 4.99 Å². The largest absolute Gasteiger partial charge is 0.508 e. The van der Waals surface area contributed by atoms with Crippen LogP contribution < -0.4 is 21.3 Å². The van der Waals surface area contributed by atoms with Crippen LogP contribution in [0.1, 0.15) is 37.0 Å². The monoisotopic (exact) mass is 600 g/mol. The number of phenolic OH excluding ortho intramolecular Hbond substituents is 1. The molecule has 0 saturated carbocycles. The molecule has 2 aliphatic heterocycles. The van der Waals surface area contributed by atoms with Crippen LogP contribution in [0, 0.1) is 0 Å². The molecule has 8 N–H and O–H groups in total. The van der Waals surface area contributed by atoms with Crippen molar-refractivity contribution in [2.75, 3.05) is 25.0 Å². The van der Waals surface area contributed by atoms with Crippen LogP contribution in [0.2, 0.25) is 0 Å². The number of aliphatic hydroxyl groups is 2. The first kappa shape index (κ1) is 30.6. The maximum absolute atomic E-state index is 12.5. The summed E-state index contributed by atoms with van der Waals surface area (Å²) in [6, 6.07) is 9.05. The number of carboxylic acids is 1. The molecule has 0 fully saturated rings. The van der Waals surface area contributed by atoms with Crippen LogP contribution in [0.25, 0.3) is 0 Å². The van der Waals surface area contributed by atoms with Crippen molar-refractivity contribution in [2.24, 2.45) is 9.98 Å². The van der Waals surface area contributed by atoms with Gasteiger partial charge in [-0.2, -0.15) is 8.42 Å². The number of carboxylic acid groups (broad SMARTS) is 1. The van der Waals surface area contributed by atoms with E-state index < -0.39 is 46.5 Å². The lowest BCUT2D eigenvalue weighted by atomic mass is 10.0. The molecule has 0 radical (unpaired) electrons. The second-order valence-electron chi connectivity index (χ2n) is 9.88. The van der Waals surface area contributed by atoms with E-state index in [1.165, 1.54) is 12.1 Å². The van der Waals surface area contributed by atoms with E-state index in [1.54, 1.807) is 37.3 Å². The SMILES string of the molecule is CC(NC(CNC(=O)CCC(O)c1cc(O)cc(NC2=NCC(O)CN2)c1)C(=O)O)C1=Nc2ccccc2C1=S(=O)=O. The predicted octanol–water partition coefficient (Wildman–Crippen LogP) is -0.329. The Kier molecular flexibility index (Phi) is 9.90. The lowest BCUT2D eigenvalue weighted by molar-refractivity contribution is -0.139. The van der Waals surface area contributed by atoms with Gasteiger partial charge in [-0.1, -0.05) is 18.2 Å². The number of rotatable bonds is 11. The maximum atomic E-state index is 12.5. The molecule has 2 heterocycles. The Hall–Kier alpha value is -4.31. The molecule has 0 spiro atoms. The van der Waals surface area contributed by atoms with Gasteiger partial charge in [-0.05, 0) is 37.1 Å². The fourth-order valence-electron chi connectivity index (χ4n) is 4.54. The highest BCUT2D eigenvalue weighted by atomic mass is 32.2. The number of aliphatic imine (C=N–C) groups is 2. The molecule has 2 aromatic rings. The lowest BCUT2D eigenvalue weighted by Crippen LogP contribution is -2.52. The number of benzene rings is 2. The van der Waals surface area contributed by atoms with Crippen molar-refractivity contribution in [3.8, 4) is 5.75 Å². The third-order valence-corrected chi connectivity index (χ3v) is 7.41. The Morgan fingerprint density at radius 3 is 2.64 bits per heavy atom. The average molecular weight is 601 g/mol. The van der Waals surface area contributed by atoms with Crippen molar-refractivity contribution in [3.05, 3.63) is 53.6 Å². The minimum atomic E-state index is -2.60. The number of para-hydroxylation sites is 1. The normalized spacial score (nSPS) is 18.1. The second kappa shape index (κ2) is 13.6. The Morgan fingerprint density at radius 1 is 1.19 bits per heavy atom. The number of anilines is 1. The summed E-state index contributed by atoms with van der Waals surface area (Å²) in [7, 11) is -2.60. The number of aliphatic carboxylic acids is 1. The number of amides is 1. The minimum Gasteiger partial charge on any atom is -0.508 e. The van der Waals surface area contributed by atoms with Crippen molar-refractivity contribution in [1.29, 1.82) is 0 Å². The molecular weight excluding hydrogens is 568 g/mol. The molecule has 4 rings (SSSR count). The zero-order chi connectivity index (χ0) is 30.4. The van der Waals surface area contributed by atoms with Crippen LogP contribution in [-0.2, 0) is 19.9 Å². The molecule has 2 aromatic carbocycles. The summed E-state index contributed by atoms with van der Waals surface area (Å²) in [6.45, 7) is 1.83. The van der Waals surface area contributed by atoms with E-state index in [1.807, 2.05) is 0 Å². The van der Waals surface area contributed by atoms with Gasteiger partial charge in [0.2, 0.25) is 16.2 Å². The van der Waals surface area contributed by atoms with Gasteiger partial charge in [0.15, 0.2) is 5.96 Å². The van der Waals surface area contributed by atoms with Crippen LogP contribution in [-0.4, -0.2) is 95.1 Å². The minimum absolute atomic E-state index is 0.00954. The van der Waals surface area contributed by atoms with Crippen LogP contribution >= 0.6 is 0 Å². The number of nitrogens with zero attached hydrogens (tertiary/aromatic N) is 2. The zero-order valence-electron chi connectivity index (χ0n) is 22.6. The van der Waals surface area contributed by atoms with Gasteiger partial charge in [0.25, 0.3) is 0 Å². The lowest BCUT2D eigenvalue weighted by Gasteiger charge is -2.21. The molecule has 0 bridgehead atoms. The number of phenols is 1. The first-order valence-electron chi connectivity index (χ1n) is 13.2. The molecule has 224 valence electrons. The Balaban J connectivity index is 1.31. The summed E-state index contributed by atoms with van der Waals surface area (Å²) < 4.78 is 23.8. The standard InChI is InChI=1S/C27H32N6O8S/c1-14(24-25(42(40)41)19-4-2-3-5-20(19)33-24)31-21(26(38)39)13-28-23(37)7-6-22(36)15-8-16(10-17(34)9-15)32-27-29-11-18(35)12-30-27/h2-5,8-10,14,18,21-22,31,34-36H,6-7,11-13H2,1H3,(H,28,37)(H,38,39)(H2,29,30,32). The van der Waals surface area contributed by atoms with E-state index in [4.69, 9.17) is 0 Å². The van der Waals surface area contributed by atoms with E-state index in [9.17, 15) is 38.4 Å². The molecule has 4 unspecified atom stereocenters. The summed E-state index contributed by atoms with van der Waals surface area (Å²) in [5.74, 6) is -1.47. The fraction of sp³-hybridized carbons (Fsp3) is 0.370. The Bertz CT molecular complexity index is 1550. The second-order valence-corrected chi connectivity index (χ2v) is 10.8. The van der Waals surface area contributed by atoms with Gasteiger partial charge < -0.3 is 36.4 Å². The number of hydrogen-bond donors (Lipinski definition) is 8. The van der Waals surface area contributed by atoms with Crippen LogP contribution in [0.15, 0.2) is 52.4 Å². The molecule has 4 atom stereocenters. The molecule has 0 aliphatic carbocycles. The molecule has 1 amide bonds. The topological polar surface area (TPSA) is 222 Å². The number of β-amino-alcohol motifs (C(OH)–C–C–N with tert-alkyl or cyclic N) is 1. The van der Waals surface area contributed by atoms with E-state index in [-0.39, 0.29) is 42.3 Å². The van der Waals surface area contributed by atoms with Crippen molar-refractivity contribution in [3.63, 3.8) is 0 Å². The van der Waals surface area contributed by atoms with E-state index in [0.717, 1.165) is 0 Å². The van der Waals surface area contributed by atoms with Gasteiger partial charge >= 0.3 is 5.97 Å². The predicted molar refractivity (Wildman–Crippen MR) is 156 cm³/mol. The van der Waals surface area contributed by atoms with Crippen LogP contribution in [0.5, 0.6) is 5.75 Å². The highest BCUT2D eigenvalue weighted by Crippen LogP contribution is 2.28. The summed E-state index contributed by atoms with van der Waals surface area (Å²) in [5.41, 5.74) is 1.86. The molecule has 0 aromatic heterocycles. The zero-order valence-corrected chi connectivity index (χ0v) is 23.4. The molecule has 0 saturated heterocycles. The van der Waals surface area contributed by atoms with Crippen molar-refractivity contribution in [1.82, 2.24) is 16.0 Å².